The highest BCUT2D eigenvalue weighted by Gasteiger charge is 2.30. The largest absolute Gasteiger partial charge is 0.416 e. The molecule has 1 aliphatic heterocycles. The first-order chi connectivity index (χ1) is 10.8. The second kappa shape index (κ2) is 5.64. The summed E-state index contributed by atoms with van der Waals surface area (Å²) >= 11 is 0. The van der Waals surface area contributed by atoms with Crippen molar-refractivity contribution in [2.45, 2.75) is 26.1 Å². The first-order valence-corrected chi connectivity index (χ1v) is 7.12. The summed E-state index contributed by atoms with van der Waals surface area (Å²) in [6.45, 7) is 2.67. The Morgan fingerprint density at radius 3 is 2.57 bits per heavy atom. The van der Waals surface area contributed by atoms with E-state index in [-0.39, 0.29) is 11.5 Å². The first kappa shape index (κ1) is 15.5. The fourth-order valence-electron chi connectivity index (χ4n) is 2.57. The van der Waals surface area contributed by atoms with Gasteiger partial charge in [-0.2, -0.15) is 13.2 Å². The van der Waals surface area contributed by atoms with Crippen molar-refractivity contribution >= 4 is 5.91 Å². The molecule has 1 aromatic heterocycles. The number of halogens is 3. The Labute approximate surface area is 131 Å². The number of amides is 1. The molecule has 0 spiro atoms. The Bertz CT molecular complexity index is 741. The summed E-state index contributed by atoms with van der Waals surface area (Å²) in [6, 6.07) is 4.29. The summed E-state index contributed by atoms with van der Waals surface area (Å²) in [7, 11) is 0. The highest BCUT2D eigenvalue weighted by molar-refractivity contribution is 5.94. The van der Waals surface area contributed by atoms with E-state index >= 15 is 0 Å². The lowest BCUT2D eigenvalue weighted by molar-refractivity contribution is -0.137. The highest BCUT2D eigenvalue weighted by Crippen LogP contribution is 2.29. The van der Waals surface area contributed by atoms with E-state index in [9.17, 15) is 18.0 Å². The van der Waals surface area contributed by atoms with Crippen molar-refractivity contribution in [2.24, 2.45) is 0 Å². The van der Waals surface area contributed by atoms with Crippen LogP contribution in [0.5, 0.6) is 0 Å². The van der Waals surface area contributed by atoms with Gasteiger partial charge in [-0.15, -0.1) is 0 Å². The lowest BCUT2D eigenvalue weighted by atomic mass is 10.1. The molecular weight excluding hydrogens is 307 g/mol. The molecule has 0 atom stereocenters. The third-order valence-corrected chi connectivity index (χ3v) is 3.80. The summed E-state index contributed by atoms with van der Waals surface area (Å²) in [5.74, 6) is 0.399. The van der Waals surface area contributed by atoms with E-state index in [1.165, 1.54) is 12.1 Å². The molecule has 7 heteroatoms. The zero-order chi connectivity index (χ0) is 16.6. The van der Waals surface area contributed by atoms with Crippen molar-refractivity contribution in [2.75, 3.05) is 6.54 Å². The molecule has 0 bridgehead atoms. The standard InChI is InChI=1S/C16H14F3N3O/c1-10-20-8-12-9-22(7-6-14(12)21-10)15(23)11-2-4-13(5-3-11)16(17,18)19/h2-5,8H,6-7,9H2,1H3. The van der Waals surface area contributed by atoms with Gasteiger partial charge in [-0.05, 0) is 31.2 Å². The van der Waals surface area contributed by atoms with Gasteiger partial charge in [0.15, 0.2) is 0 Å². The van der Waals surface area contributed by atoms with Crippen molar-refractivity contribution in [3.05, 3.63) is 58.7 Å². The molecule has 1 aliphatic rings. The van der Waals surface area contributed by atoms with E-state index in [0.29, 0.717) is 25.3 Å². The summed E-state index contributed by atoms with van der Waals surface area (Å²) < 4.78 is 37.7. The normalized spacial score (nSPS) is 14.5. The number of hydrogen-bond acceptors (Lipinski definition) is 3. The van der Waals surface area contributed by atoms with E-state index in [4.69, 9.17) is 0 Å². The molecule has 0 N–H and O–H groups in total. The van der Waals surface area contributed by atoms with Crippen molar-refractivity contribution in [1.29, 1.82) is 0 Å². The van der Waals surface area contributed by atoms with Gasteiger partial charge in [0.1, 0.15) is 5.82 Å². The zero-order valence-corrected chi connectivity index (χ0v) is 12.4. The van der Waals surface area contributed by atoms with Crippen molar-refractivity contribution in [1.82, 2.24) is 14.9 Å². The lowest BCUT2D eigenvalue weighted by Crippen LogP contribution is -2.36. The number of aryl methyl sites for hydroxylation is 1. The van der Waals surface area contributed by atoms with Gasteiger partial charge in [0.25, 0.3) is 5.91 Å². The van der Waals surface area contributed by atoms with E-state index in [0.717, 1.165) is 23.4 Å². The Morgan fingerprint density at radius 1 is 1.22 bits per heavy atom. The Hall–Kier alpha value is -2.44. The predicted molar refractivity (Wildman–Crippen MR) is 76.7 cm³/mol. The average molecular weight is 321 g/mol. The quantitative estimate of drug-likeness (QED) is 0.811. The van der Waals surface area contributed by atoms with Gasteiger partial charge >= 0.3 is 6.18 Å². The van der Waals surface area contributed by atoms with Crippen LogP contribution in [0.15, 0.2) is 30.5 Å². The van der Waals surface area contributed by atoms with Crippen LogP contribution in [0.25, 0.3) is 0 Å². The summed E-state index contributed by atoms with van der Waals surface area (Å²) in [6.07, 6.45) is -2.09. The fraction of sp³-hybridized carbons (Fsp3) is 0.312. The van der Waals surface area contributed by atoms with Crippen molar-refractivity contribution in [3.8, 4) is 0 Å². The first-order valence-electron chi connectivity index (χ1n) is 7.12. The number of benzene rings is 1. The molecule has 3 rings (SSSR count). The maximum Gasteiger partial charge on any atom is 0.416 e. The molecule has 0 saturated heterocycles. The number of rotatable bonds is 1. The van der Waals surface area contributed by atoms with Crippen LogP contribution in [-0.4, -0.2) is 27.3 Å². The van der Waals surface area contributed by atoms with Crippen LogP contribution in [0.1, 0.15) is 33.0 Å². The van der Waals surface area contributed by atoms with Crippen LogP contribution in [0, 0.1) is 6.92 Å². The van der Waals surface area contributed by atoms with Crippen LogP contribution in [0.3, 0.4) is 0 Å². The number of carbonyl (C=O) groups is 1. The van der Waals surface area contributed by atoms with E-state index in [1.807, 2.05) is 0 Å². The minimum atomic E-state index is -4.40. The minimum Gasteiger partial charge on any atom is -0.334 e. The van der Waals surface area contributed by atoms with Crippen molar-refractivity contribution < 1.29 is 18.0 Å². The molecule has 0 aliphatic carbocycles. The van der Waals surface area contributed by atoms with Crippen molar-refractivity contribution in [3.63, 3.8) is 0 Å². The van der Waals surface area contributed by atoms with Gasteiger partial charge in [-0.3, -0.25) is 4.79 Å². The van der Waals surface area contributed by atoms with E-state index in [2.05, 4.69) is 9.97 Å². The third-order valence-electron chi connectivity index (χ3n) is 3.80. The summed E-state index contributed by atoms with van der Waals surface area (Å²) in [4.78, 5) is 22.5. The molecule has 1 aromatic carbocycles. The van der Waals surface area contributed by atoms with Crippen LogP contribution in [0.4, 0.5) is 13.2 Å². The molecule has 4 nitrogen and oxygen atoms in total. The van der Waals surface area contributed by atoms with E-state index < -0.39 is 11.7 Å². The van der Waals surface area contributed by atoms with Gasteiger partial charge in [0.05, 0.1) is 11.3 Å². The average Bonchev–Trinajstić information content (AvgIpc) is 2.53. The molecule has 2 aromatic rings. The Morgan fingerprint density at radius 2 is 1.91 bits per heavy atom. The molecule has 0 unspecified atom stereocenters. The van der Waals surface area contributed by atoms with Gasteiger partial charge in [0, 0.05) is 36.8 Å². The van der Waals surface area contributed by atoms with Gasteiger partial charge in [0.2, 0.25) is 0 Å². The minimum absolute atomic E-state index is 0.245. The molecule has 23 heavy (non-hydrogen) atoms. The molecule has 120 valence electrons. The number of aromatic nitrogens is 2. The smallest absolute Gasteiger partial charge is 0.334 e. The number of fused-ring (bicyclic) bond motifs is 1. The molecule has 2 heterocycles. The van der Waals surface area contributed by atoms with Crippen LogP contribution in [-0.2, 0) is 19.1 Å². The van der Waals surface area contributed by atoms with Crippen LogP contribution < -0.4 is 0 Å². The lowest BCUT2D eigenvalue weighted by Gasteiger charge is -2.28. The fourth-order valence-corrected chi connectivity index (χ4v) is 2.57. The second-order valence-electron chi connectivity index (χ2n) is 5.44. The number of carbonyl (C=O) groups excluding carboxylic acids is 1. The Balaban J connectivity index is 1.78. The maximum atomic E-state index is 12.6. The molecule has 0 radical (unpaired) electrons. The number of alkyl halides is 3. The van der Waals surface area contributed by atoms with Gasteiger partial charge in [-0.1, -0.05) is 0 Å². The predicted octanol–water partition coefficient (Wildman–Crippen LogP) is 3.00. The molecule has 0 saturated carbocycles. The van der Waals surface area contributed by atoms with Crippen LogP contribution >= 0.6 is 0 Å². The number of nitrogens with zero attached hydrogens (tertiary/aromatic N) is 3. The highest BCUT2D eigenvalue weighted by atomic mass is 19.4. The van der Waals surface area contributed by atoms with Gasteiger partial charge < -0.3 is 4.90 Å². The topological polar surface area (TPSA) is 46.1 Å². The van der Waals surface area contributed by atoms with E-state index in [1.54, 1.807) is 18.0 Å². The number of hydrogen-bond donors (Lipinski definition) is 0. The molecule has 0 fully saturated rings. The third kappa shape index (κ3) is 3.18. The second-order valence-corrected chi connectivity index (χ2v) is 5.44. The summed E-state index contributed by atoms with van der Waals surface area (Å²) in [5.41, 5.74) is 1.28. The molecular formula is C16H14F3N3O. The maximum absolute atomic E-state index is 12.6. The monoisotopic (exact) mass is 321 g/mol. The SMILES string of the molecule is Cc1ncc2c(n1)CCN(C(=O)c1ccc(C(F)(F)F)cc1)C2. The summed E-state index contributed by atoms with van der Waals surface area (Å²) in [5, 5.41) is 0. The molecule has 1 amide bonds. The zero-order valence-electron chi connectivity index (χ0n) is 12.4. The Kier molecular flexibility index (Phi) is 3.79. The van der Waals surface area contributed by atoms with Crippen LogP contribution in [0.2, 0.25) is 0 Å². The van der Waals surface area contributed by atoms with Gasteiger partial charge in [-0.25, -0.2) is 9.97 Å².